The maximum absolute atomic E-state index is 13.3. The second-order valence-electron chi connectivity index (χ2n) is 9.70. The standard InChI is InChI=1S/C24H25ClN2O3/c25-13-3-5-14(6-4-13)26-22(28)12-1-7-15(8-2-12)27-23(29)20-16-9-10-17(19-11-18(16)19)21(20)24(27)30/h3-6,9-10,12,15-21H,1-2,7-8,11H2,(H,26,28)/t12?,15?,16-,17-,18-,19-,20+,21+/m0/s1. The Kier molecular flexibility index (Phi) is 4.14. The van der Waals surface area contributed by atoms with E-state index in [1.807, 2.05) is 0 Å². The lowest BCUT2D eigenvalue weighted by atomic mass is 9.63. The number of hydrogen-bond donors (Lipinski definition) is 1. The minimum absolute atomic E-state index is 0.00542. The van der Waals surface area contributed by atoms with E-state index in [-0.39, 0.29) is 53.4 Å². The lowest BCUT2D eigenvalue weighted by molar-refractivity contribution is -0.144. The van der Waals surface area contributed by atoms with Crippen molar-refractivity contribution in [3.63, 3.8) is 0 Å². The van der Waals surface area contributed by atoms with Gasteiger partial charge in [-0.15, -0.1) is 0 Å². The molecule has 6 atom stereocenters. The Morgan fingerprint density at radius 1 is 0.900 bits per heavy atom. The molecule has 1 heterocycles. The number of allylic oxidation sites excluding steroid dienone is 2. The van der Waals surface area contributed by atoms with E-state index in [0.29, 0.717) is 42.5 Å². The SMILES string of the molecule is O=C(Nc1ccc(Cl)cc1)C1CCC(N2C(=O)[C@@H]3[C@H]4C=C[C@@H]([C@@H]5C[C@@H]45)[C@H]3C2=O)CC1. The highest BCUT2D eigenvalue weighted by Crippen LogP contribution is 2.65. The van der Waals surface area contributed by atoms with Crippen LogP contribution in [-0.4, -0.2) is 28.7 Å². The average Bonchev–Trinajstić information content (AvgIpc) is 3.53. The summed E-state index contributed by atoms with van der Waals surface area (Å²) in [6, 6.07) is 7.05. The number of imide groups is 1. The molecule has 0 aromatic heterocycles. The number of halogens is 1. The molecular weight excluding hydrogens is 400 g/mol. The highest BCUT2D eigenvalue weighted by molar-refractivity contribution is 6.30. The Labute approximate surface area is 180 Å². The molecule has 1 aromatic rings. The molecule has 1 N–H and O–H groups in total. The van der Waals surface area contributed by atoms with E-state index in [9.17, 15) is 14.4 Å². The van der Waals surface area contributed by atoms with Crippen molar-refractivity contribution >= 4 is 35.0 Å². The minimum Gasteiger partial charge on any atom is -0.326 e. The molecule has 1 aliphatic heterocycles. The van der Waals surface area contributed by atoms with E-state index in [1.165, 1.54) is 6.42 Å². The molecule has 2 bridgehead atoms. The molecule has 30 heavy (non-hydrogen) atoms. The number of nitrogens with one attached hydrogen (secondary N) is 1. The summed E-state index contributed by atoms with van der Waals surface area (Å²) in [7, 11) is 0. The molecule has 0 spiro atoms. The van der Waals surface area contributed by atoms with Gasteiger partial charge in [-0.3, -0.25) is 19.3 Å². The average molecular weight is 425 g/mol. The van der Waals surface area contributed by atoms with Crippen LogP contribution in [0.1, 0.15) is 32.1 Å². The number of anilines is 1. The summed E-state index contributed by atoms with van der Waals surface area (Å²) in [6.07, 6.45) is 8.44. The van der Waals surface area contributed by atoms with E-state index < -0.39 is 0 Å². The molecule has 0 unspecified atom stereocenters. The topological polar surface area (TPSA) is 66.5 Å². The third-order valence-corrected chi connectivity index (χ3v) is 8.49. The lowest BCUT2D eigenvalue weighted by Crippen LogP contribution is -2.44. The lowest BCUT2D eigenvalue weighted by Gasteiger charge is -2.37. The van der Waals surface area contributed by atoms with Crippen molar-refractivity contribution in [3.8, 4) is 0 Å². The number of carbonyl (C=O) groups excluding carboxylic acids is 3. The summed E-state index contributed by atoms with van der Waals surface area (Å²) in [5.41, 5.74) is 0.738. The normalized spacial score (nSPS) is 40.9. The van der Waals surface area contributed by atoms with Crippen molar-refractivity contribution in [3.05, 3.63) is 41.4 Å². The molecule has 6 heteroatoms. The Morgan fingerprint density at radius 2 is 1.47 bits per heavy atom. The summed E-state index contributed by atoms with van der Waals surface area (Å²) in [5.74, 6) is 1.59. The highest BCUT2D eigenvalue weighted by atomic mass is 35.5. The largest absolute Gasteiger partial charge is 0.326 e. The first-order chi connectivity index (χ1) is 14.5. The van der Waals surface area contributed by atoms with Crippen LogP contribution in [0.25, 0.3) is 0 Å². The third kappa shape index (κ3) is 2.71. The van der Waals surface area contributed by atoms with Gasteiger partial charge in [0.15, 0.2) is 0 Å². The van der Waals surface area contributed by atoms with Crippen LogP contribution < -0.4 is 5.32 Å². The molecule has 1 aromatic carbocycles. The summed E-state index contributed by atoms with van der Waals surface area (Å²) in [6.45, 7) is 0. The molecular formula is C24H25ClN2O3. The van der Waals surface area contributed by atoms with Crippen LogP contribution in [-0.2, 0) is 14.4 Å². The van der Waals surface area contributed by atoms with E-state index in [0.717, 1.165) is 5.69 Å². The zero-order valence-electron chi connectivity index (χ0n) is 16.7. The fourth-order valence-electron chi connectivity index (χ4n) is 6.71. The van der Waals surface area contributed by atoms with E-state index in [1.54, 1.807) is 29.2 Å². The molecule has 4 fully saturated rings. The second kappa shape index (κ2) is 6.68. The van der Waals surface area contributed by atoms with Gasteiger partial charge < -0.3 is 5.32 Å². The summed E-state index contributed by atoms with van der Waals surface area (Å²) >= 11 is 5.90. The summed E-state index contributed by atoms with van der Waals surface area (Å²) in [4.78, 5) is 40.8. The number of amides is 3. The van der Waals surface area contributed by atoms with Gasteiger partial charge in [-0.1, -0.05) is 23.8 Å². The summed E-state index contributed by atoms with van der Waals surface area (Å²) < 4.78 is 0. The van der Waals surface area contributed by atoms with Gasteiger partial charge in [-0.2, -0.15) is 0 Å². The van der Waals surface area contributed by atoms with Gasteiger partial charge in [0.25, 0.3) is 0 Å². The molecule has 5 nitrogen and oxygen atoms in total. The van der Waals surface area contributed by atoms with Gasteiger partial charge in [0.2, 0.25) is 17.7 Å². The van der Waals surface area contributed by atoms with Gasteiger partial charge >= 0.3 is 0 Å². The molecule has 3 amide bonds. The van der Waals surface area contributed by atoms with E-state index >= 15 is 0 Å². The Morgan fingerprint density at radius 3 is 2.03 bits per heavy atom. The number of benzene rings is 1. The highest BCUT2D eigenvalue weighted by Gasteiger charge is 2.67. The zero-order valence-corrected chi connectivity index (χ0v) is 17.4. The zero-order chi connectivity index (χ0) is 20.6. The van der Waals surface area contributed by atoms with Crippen LogP contribution in [0.5, 0.6) is 0 Å². The monoisotopic (exact) mass is 424 g/mol. The Bertz CT molecular complexity index is 914. The van der Waals surface area contributed by atoms with Crippen molar-refractivity contribution in [2.75, 3.05) is 5.32 Å². The number of rotatable bonds is 3. The fourth-order valence-corrected chi connectivity index (χ4v) is 6.84. The van der Waals surface area contributed by atoms with Crippen molar-refractivity contribution < 1.29 is 14.4 Å². The van der Waals surface area contributed by atoms with E-state index in [2.05, 4.69) is 17.5 Å². The molecule has 7 rings (SSSR count). The third-order valence-electron chi connectivity index (χ3n) is 8.24. The molecule has 1 saturated heterocycles. The van der Waals surface area contributed by atoms with Crippen molar-refractivity contribution in [1.29, 1.82) is 0 Å². The number of nitrogens with zero attached hydrogens (tertiary/aromatic N) is 1. The molecule has 156 valence electrons. The first-order valence-corrected chi connectivity index (χ1v) is 11.5. The van der Waals surface area contributed by atoms with Crippen LogP contribution in [0, 0.1) is 41.4 Å². The van der Waals surface area contributed by atoms with Crippen molar-refractivity contribution in [1.82, 2.24) is 4.90 Å². The van der Waals surface area contributed by atoms with Gasteiger partial charge in [0.05, 0.1) is 11.8 Å². The van der Waals surface area contributed by atoms with Gasteiger partial charge in [-0.25, -0.2) is 0 Å². The molecule has 6 aliphatic rings. The van der Waals surface area contributed by atoms with Gasteiger partial charge in [0.1, 0.15) is 0 Å². The second-order valence-corrected chi connectivity index (χ2v) is 10.1. The molecule has 3 saturated carbocycles. The predicted octanol–water partition coefficient (Wildman–Crippen LogP) is 3.89. The number of likely N-dealkylation sites (tertiary alicyclic amines) is 1. The van der Waals surface area contributed by atoms with Crippen LogP contribution >= 0.6 is 11.6 Å². The first kappa shape index (κ1) is 18.6. The van der Waals surface area contributed by atoms with Crippen LogP contribution in [0.2, 0.25) is 5.02 Å². The number of hydrogen-bond acceptors (Lipinski definition) is 3. The first-order valence-electron chi connectivity index (χ1n) is 11.1. The maximum atomic E-state index is 13.3. The van der Waals surface area contributed by atoms with Gasteiger partial charge in [0, 0.05) is 22.7 Å². The fraction of sp³-hybridized carbons (Fsp3) is 0.542. The molecule has 0 radical (unpaired) electrons. The number of carbonyl (C=O) groups is 3. The minimum atomic E-state index is -0.123. The van der Waals surface area contributed by atoms with Crippen molar-refractivity contribution in [2.24, 2.45) is 41.4 Å². The van der Waals surface area contributed by atoms with E-state index in [4.69, 9.17) is 11.6 Å². The Balaban J connectivity index is 1.11. The quantitative estimate of drug-likeness (QED) is 0.591. The van der Waals surface area contributed by atoms with Crippen LogP contribution in [0.15, 0.2) is 36.4 Å². The van der Waals surface area contributed by atoms with Crippen LogP contribution in [0.3, 0.4) is 0 Å². The molecule has 5 aliphatic carbocycles. The Hall–Kier alpha value is -2.14. The maximum Gasteiger partial charge on any atom is 0.233 e. The summed E-state index contributed by atoms with van der Waals surface area (Å²) in [5, 5.41) is 3.59. The van der Waals surface area contributed by atoms with Crippen LogP contribution in [0.4, 0.5) is 5.69 Å². The predicted molar refractivity (Wildman–Crippen MR) is 112 cm³/mol. The smallest absolute Gasteiger partial charge is 0.233 e. The van der Waals surface area contributed by atoms with Gasteiger partial charge in [-0.05, 0) is 80.0 Å². The van der Waals surface area contributed by atoms with Crippen molar-refractivity contribution in [2.45, 2.75) is 38.1 Å².